The van der Waals surface area contributed by atoms with Gasteiger partial charge in [0.05, 0.1) is 51.4 Å². The second-order valence-electron chi connectivity index (χ2n) is 26.5. The van der Waals surface area contributed by atoms with Gasteiger partial charge in [0.15, 0.2) is 11.0 Å². The molecule has 568 valence electrons. The molecule has 6 aliphatic rings. The number of aliphatic hydroxyl groups excluding tert-OH is 3. The summed E-state index contributed by atoms with van der Waals surface area (Å²) in [6.45, 7) is 27.2. The first-order valence-electron chi connectivity index (χ1n) is 33.5. The third-order valence-corrected chi connectivity index (χ3v) is 20.1. The average molecular weight is 1520 g/mol. The molecule has 0 aliphatic carbocycles. The number of aromatic amines is 2. The molecule has 8 N–H and O–H groups in total. The number of ether oxygens (including phenoxy) is 3. The van der Waals surface area contributed by atoms with Crippen molar-refractivity contribution in [2.75, 3.05) is 125 Å². The van der Waals surface area contributed by atoms with Crippen molar-refractivity contribution in [1.82, 2.24) is 69.1 Å². The predicted molar refractivity (Wildman–Crippen MR) is 377 cm³/mol. The van der Waals surface area contributed by atoms with Gasteiger partial charge in [-0.1, -0.05) is 26.7 Å². The molecule has 12 rings (SSSR count). The number of aryl methyl sites for hydroxylation is 4. The number of halogens is 5. The van der Waals surface area contributed by atoms with E-state index < -0.39 is 36.8 Å². The number of hydrogen-bond acceptors (Lipinski definition) is 23. The van der Waals surface area contributed by atoms with Crippen LogP contribution in [0.2, 0.25) is 0 Å². The van der Waals surface area contributed by atoms with E-state index >= 15 is 0 Å². The van der Waals surface area contributed by atoms with E-state index in [1.165, 1.54) is 62.5 Å². The van der Waals surface area contributed by atoms with Crippen LogP contribution in [0, 0.1) is 35.5 Å². The van der Waals surface area contributed by atoms with E-state index in [0.29, 0.717) is 134 Å². The van der Waals surface area contributed by atoms with E-state index in [9.17, 15) is 54.3 Å². The number of sulfonamides is 1. The number of aliphatic hydroxyl groups is 3. The Kier molecular flexibility index (Phi) is 30.6. The lowest BCUT2D eigenvalue weighted by atomic mass is 9.96. The number of carbonyl (C=O) groups excluding carboxylic acids is 2. The quantitative estimate of drug-likeness (QED) is 0.0368. The first-order valence-corrected chi connectivity index (χ1v) is 37.3. The average Bonchev–Trinajstić information content (AvgIpc) is 1.35. The Hall–Kier alpha value is -6.90. The molecule has 0 spiro atoms. The van der Waals surface area contributed by atoms with Gasteiger partial charge in [-0.05, 0) is 95.7 Å². The highest BCUT2D eigenvalue weighted by Crippen LogP contribution is 2.36. The van der Waals surface area contributed by atoms with Crippen molar-refractivity contribution in [2.45, 2.75) is 95.7 Å². The van der Waals surface area contributed by atoms with E-state index in [4.69, 9.17) is 50.0 Å². The molecule has 37 heteroatoms. The number of aliphatic carboxylic acids is 1. The van der Waals surface area contributed by atoms with Crippen LogP contribution in [0.4, 0.5) is 18.0 Å². The number of likely N-dealkylation sites (tertiary alicyclic amines) is 3. The molecule has 1 amide bonds. The molecule has 10 heterocycles. The number of hydrogen-bond donors (Lipinski definition) is 8. The molecule has 102 heavy (non-hydrogen) atoms. The van der Waals surface area contributed by atoms with E-state index in [2.05, 4.69) is 45.6 Å². The molecule has 0 saturated carbocycles. The maximum absolute atomic E-state index is 13.4. The first-order chi connectivity index (χ1) is 47.7. The van der Waals surface area contributed by atoms with Crippen molar-refractivity contribution >= 4 is 82.6 Å². The van der Waals surface area contributed by atoms with Gasteiger partial charge in [0, 0.05) is 154 Å². The Morgan fingerprint density at radius 2 is 1.06 bits per heavy atom. The second-order valence-corrected chi connectivity index (χ2v) is 31.0. The van der Waals surface area contributed by atoms with Crippen LogP contribution in [-0.4, -0.2) is 251 Å². The third-order valence-electron chi connectivity index (χ3n) is 17.0. The zero-order valence-corrected chi connectivity index (χ0v) is 61.9. The number of alkyl halides is 3. The van der Waals surface area contributed by atoms with Crippen molar-refractivity contribution in [2.24, 2.45) is 49.6 Å². The van der Waals surface area contributed by atoms with Crippen LogP contribution in [-0.2, 0) is 60.3 Å². The van der Waals surface area contributed by atoms with Gasteiger partial charge >= 0.3 is 18.2 Å². The molecule has 0 unspecified atom stereocenters. The number of aldehydes is 1. The minimum Gasteiger partial charge on any atom is -0.493 e. The summed E-state index contributed by atoms with van der Waals surface area (Å²) in [5, 5.41) is 48.6. The Morgan fingerprint density at radius 1 is 0.647 bits per heavy atom. The van der Waals surface area contributed by atoms with Crippen LogP contribution < -0.4 is 31.2 Å². The maximum atomic E-state index is 13.4. The number of nitrogens with one attached hydrogen (secondary N) is 4. The molecule has 0 atom stereocenters. The smallest absolute Gasteiger partial charge is 0.490 e. The largest absolute Gasteiger partial charge is 0.493 e. The van der Waals surface area contributed by atoms with Crippen molar-refractivity contribution in [3.05, 3.63) is 68.5 Å². The van der Waals surface area contributed by atoms with Gasteiger partial charge in [-0.15, -0.1) is 12.4 Å². The molecule has 2 aromatic carbocycles. The minimum atomic E-state index is -5.08. The zero-order chi connectivity index (χ0) is 74.3. The number of carboxylic acids is 1. The Bertz CT molecular complexity index is 4140. The molecular formula is C65H95Cl2F3N14O16S2. The third kappa shape index (κ3) is 22.3. The van der Waals surface area contributed by atoms with Crippen LogP contribution in [0.5, 0.6) is 11.5 Å². The lowest BCUT2D eigenvalue weighted by molar-refractivity contribution is -0.192. The predicted octanol–water partition coefficient (Wildman–Crippen LogP) is 4.26. The highest BCUT2D eigenvalue weighted by Gasteiger charge is 2.41. The normalized spacial score (nSPS) is 17.0. The van der Waals surface area contributed by atoms with Gasteiger partial charge in [0.25, 0.3) is 20.2 Å². The van der Waals surface area contributed by atoms with E-state index in [0.717, 1.165) is 76.6 Å². The van der Waals surface area contributed by atoms with Crippen molar-refractivity contribution in [1.29, 1.82) is 0 Å². The molecule has 4 aromatic heterocycles. The summed E-state index contributed by atoms with van der Waals surface area (Å²) in [6.07, 6.45) is -1.49. The number of rotatable bonds is 21. The second kappa shape index (κ2) is 37.2. The molecule has 0 radical (unpaired) electrons. The molecule has 6 saturated heterocycles. The number of nitrogens with zero attached hydrogens (tertiary/aromatic N) is 10. The Labute approximate surface area is 600 Å². The first kappa shape index (κ1) is 84.0. The molecule has 6 aromatic rings. The van der Waals surface area contributed by atoms with Crippen molar-refractivity contribution in [3.8, 4) is 34.3 Å². The van der Waals surface area contributed by atoms with Crippen LogP contribution in [0.1, 0.15) is 72.7 Å². The van der Waals surface area contributed by atoms with E-state index in [1.54, 1.807) is 33.2 Å². The maximum Gasteiger partial charge on any atom is 0.490 e. The highest BCUT2D eigenvalue weighted by atomic mass is 35.7. The summed E-state index contributed by atoms with van der Waals surface area (Å²) in [5.41, 5.74) is 2.78. The standard InChI is InChI=1S/C25H34N6O5S.C17H19ClN4O4S.C9H15NO3.C8H16N2O.C4H9NO.C2HF3O2.ClH/c1-4-6-20-22-23(29(3)28-20)25(33)27-24(26-22)19-9-18(7-8-21(19)36-5-2)37(34,35)31-13-16(14-31)10-30-11-17(12-30)15-32;1-4-6-12-14-15(22(3)21-12)17(23)20-16(19-14)11-9-10(27(18,24)25)7-8-13(11)26-5-2;1-9(2,3)13-8(12)10-4-7(5-10)6-11;11-6-8-4-10(5-8)3-7-1-9-2-7;6-3-4-1-5-2-4;3-2(4,5)1(6)7;/h7-9,16-17,32H,4-6,10-15H2,1-3H3,(H,26,27,33);7-9H,4-6H2,1-3H3,(H,19,20,23);6-7H,4-5H2,1-3H3;7-9,11H,1-6H2;4-6H,1-3H2;(H,6,7);1H. The van der Waals surface area contributed by atoms with Crippen molar-refractivity contribution < 1.29 is 79.0 Å². The van der Waals surface area contributed by atoms with Gasteiger partial charge < -0.3 is 74.7 Å². The van der Waals surface area contributed by atoms with Crippen LogP contribution in [0.25, 0.3) is 44.8 Å². The van der Waals surface area contributed by atoms with Crippen LogP contribution in [0.3, 0.4) is 0 Å². The lowest BCUT2D eigenvalue weighted by Gasteiger charge is -2.45. The molecule has 6 aliphatic heterocycles. The van der Waals surface area contributed by atoms with Gasteiger partial charge in [0.2, 0.25) is 10.0 Å². The summed E-state index contributed by atoms with van der Waals surface area (Å²) in [4.78, 5) is 77.1. The fraction of sp³-hybridized carbons (Fsp3) is 0.615. The van der Waals surface area contributed by atoms with E-state index in [1.807, 2.05) is 41.5 Å². The van der Waals surface area contributed by atoms with Crippen molar-refractivity contribution in [3.63, 3.8) is 0 Å². The number of carboxylic acid groups (broad SMARTS) is 1. The van der Waals surface area contributed by atoms with Gasteiger partial charge in [0.1, 0.15) is 46.1 Å². The molecule has 30 nitrogen and oxygen atoms in total. The number of fused-ring (bicyclic) bond motifs is 2. The fourth-order valence-electron chi connectivity index (χ4n) is 11.4. The van der Waals surface area contributed by atoms with Crippen LogP contribution in [0.15, 0.2) is 55.8 Å². The summed E-state index contributed by atoms with van der Waals surface area (Å²) in [7, 11) is 1.20. The Morgan fingerprint density at radius 3 is 1.40 bits per heavy atom. The number of H-pyrrole nitrogens is 2. The van der Waals surface area contributed by atoms with E-state index in [-0.39, 0.29) is 69.5 Å². The zero-order valence-electron chi connectivity index (χ0n) is 58.7. The minimum absolute atomic E-state index is 0. The van der Waals surface area contributed by atoms with Crippen LogP contribution >= 0.6 is 23.1 Å². The summed E-state index contributed by atoms with van der Waals surface area (Å²) < 4.78 is 103. The number of benzene rings is 2. The van der Waals surface area contributed by atoms with Gasteiger partial charge in [-0.3, -0.25) is 19.0 Å². The molecular weight excluding hydrogens is 1420 g/mol. The summed E-state index contributed by atoms with van der Waals surface area (Å²) in [6, 6.07) is 8.89. The summed E-state index contributed by atoms with van der Waals surface area (Å²) in [5.74, 6) is 1.17. The SMILES string of the molecule is CC(C)(C)OC(=O)N1CC(C=O)C1.CCCc1nn(C)c2c(=O)[nH]c(-c3cc(S(=O)(=O)Cl)ccc3OCC)nc12.CCCc1nn(C)c2c(=O)[nH]c(-c3cc(S(=O)(=O)N4CC(CN5CC(CO)C5)C4)ccc3OCC)nc12.Cl.O=C(O)C(F)(F)F.OCC1CN(CC2CNC2)C1.OCC1CNC1. The monoisotopic (exact) mass is 1520 g/mol. The lowest BCUT2D eigenvalue weighted by Crippen LogP contribution is -2.57. The molecule has 0 bridgehead atoms. The Balaban J connectivity index is 0.000000217. The van der Waals surface area contributed by atoms with Gasteiger partial charge in [-0.25, -0.2) is 36.4 Å². The topological polar surface area (TPSA) is 392 Å². The molecule has 6 fully saturated rings. The number of amides is 1. The fourth-order valence-corrected chi connectivity index (χ4v) is 13.8. The number of carbonyl (C=O) groups is 3. The number of aromatic nitrogens is 8. The summed E-state index contributed by atoms with van der Waals surface area (Å²) >= 11 is 0. The highest BCUT2D eigenvalue weighted by molar-refractivity contribution is 8.13. The van der Waals surface area contributed by atoms with Gasteiger partial charge in [-0.2, -0.15) is 27.7 Å².